The summed E-state index contributed by atoms with van der Waals surface area (Å²) in [7, 11) is 3.22. The van der Waals surface area contributed by atoms with Gasteiger partial charge < -0.3 is 14.8 Å². The van der Waals surface area contributed by atoms with E-state index in [0.29, 0.717) is 12.5 Å². The van der Waals surface area contributed by atoms with Crippen molar-refractivity contribution >= 4 is 16.5 Å². The Morgan fingerprint density at radius 1 is 1.25 bits per heavy atom. The van der Waals surface area contributed by atoms with Crippen molar-refractivity contribution < 1.29 is 9.47 Å². The smallest absolute Gasteiger partial charge is 0.205 e. The Balaban J connectivity index is 2.39. The summed E-state index contributed by atoms with van der Waals surface area (Å²) in [5, 5.41) is 13.2. The van der Waals surface area contributed by atoms with Crippen LogP contribution in [0, 0.1) is 5.92 Å². The van der Waals surface area contributed by atoms with Crippen LogP contribution in [0.1, 0.15) is 18.9 Å². The molecule has 0 aliphatic heterocycles. The average molecular weight is 245 g/mol. The van der Waals surface area contributed by atoms with Crippen LogP contribution in [0.3, 0.4) is 0 Å². The van der Waals surface area contributed by atoms with Crippen molar-refractivity contribution in [2.45, 2.75) is 26.6 Å². The normalized spacial score (nSPS) is 11.4. The fourth-order valence-corrected chi connectivity index (χ4v) is 2.15. The first-order chi connectivity index (χ1) is 7.65. The van der Waals surface area contributed by atoms with E-state index in [4.69, 9.17) is 9.47 Å². The zero-order chi connectivity index (χ0) is 12.0. The van der Waals surface area contributed by atoms with Crippen LogP contribution in [-0.4, -0.2) is 37.3 Å². The lowest BCUT2D eigenvalue weighted by molar-refractivity contribution is -0.0914. The molecule has 0 aliphatic rings. The van der Waals surface area contributed by atoms with E-state index in [-0.39, 0.29) is 6.29 Å². The second-order valence-corrected chi connectivity index (χ2v) is 4.94. The van der Waals surface area contributed by atoms with Gasteiger partial charge in [0, 0.05) is 20.6 Å². The van der Waals surface area contributed by atoms with E-state index < -0.39 is 0 Å². The molecule has 0 amide bonds. The van der Waals surface area contributed by atoms with Crippen molar-refractivity contribution in [1.29, 1.82) is 0 Å². The molecule has 0 aliphatic carbocycles. The molecular formula is C10H19N3O2S. The first-order valence-corrected chi connectivity index (χ1v) is 6.09. The summed E-state index contributed by atoms with van der Waals surface area (Å²) in [6.07, 6.45) is 0.717. The van der Waals surface area contributed by atoms with Crippen molar-refractivity contribution in [3.05, 3.63) is 5.01 Å². The Morgan fingerprint density at radius 3 is 2.50 bits per heavy atom. The van der Waals surface area contributed by atoms with Gasteiger partial charge in [0.05, 0.1) is 6.54 Å². The van der Waals surface area contributed by atoms with Gasteiger partial charge in [-0.3, -0.25) is 0 Å². The Kier molecular flexibility index (Phi) is 5.65. The third-order valence-electron chi connectivity index (χ3n) is 2.00. The Labute approximate surface area is 100 Å². The molecule has 1 aromatic rings. The lowest BCUT2D eigenvalue weighted by Gasteiger charge is -2.12. The van der Waals surface area contributed by atoms with Gasteiger partial charge in [-0.05, 0) is 5.92 Å². The number of nitrogens with zero attached hydrogens (tertiary/aromatic N) is 2. The lowest BCUT2D eigenvalue weighted by atomic mass is 10.1. The molecule has 0 saturated heterocycles. The van der Waals surface area contributed by atoms with Gasteiger partial charge >= 0.3 is 0 Å². The molecule has 0 fully saturated rings. The van der Waals surface area contributed by atoms with E-state index in [9.17, 15) is 0 Å². The van der Waals surface area contributed by atoms with Gasteiger partial charge in [-0.1, -0.05) is 25.2 Å². The van der Waals surface area contributed by atoms with Crippen LogP contribution >= 0.6 is 11.3 Å². The molecule has 92 valence electrons. The molecule has 6 heteroatoms. The quantitative estimate of drug-likeness (QED) is 0.742. The van der Waals surface area contributed by atoms with Gasteiger partial charge in [0.25, 0.3) is 0 Å². The molecule has 1 N–H and O–H groups in total. The van der Waals surface area contributed by atoms with Gasteiger partial charge in [0.2, 0.25) is 5.13 Å². The lowest BCUT2D eigenvalue weighted by Crippen LogP contribution is -2.23. The average Bonchev–Trinajstić information content (AvgIpc) is 2.66. The molecule has 0 spiro atoms. The highest BCUT2D eigenvalue weighted by molar-refractivity contribution is 7.15. The van der Waals surface area contributed by atoms with E-state index >= 15 is 0 Å². The molecule has 5 nitrogen and oxygen atoms in total. The minimum Gasteiger partial charge on any atom is -0.355 e. The van der Waals surface area contributed by atoms with Crippen molar-refractivity contribution in [2.75, 3.05) is 26.1 Å². The SMILES string of the molecule is COC(CNc1nnc(CC(C)C)s1)OC. The summed E-state index contributed by atoms with van der Waals surface area (Å²) in [6, 6.07) is 0. The molecule has 0 unspecified atom stereocenters. The second-order valence-electron chi connectivity index (χ2n) is 3.88. The maximum atomic E-state index is 5.06. The third kappa shape index (κ3) is 4.42. The Morgan fingerprint density at radius 2 is 1.94 bits per heavy atom. The highest BCUT2D eigenvalue weighted by atomic mass is 32.1. The molecule has 0 aromatic carbocycles. The highest BCUT2D eigenvalue weighted by Gasteiger charge is 2.08. The van der Waals surface area contributed by atoms with Crippen molar-refractivity contribution in [1.82, 2.24) is 10.2 Å². The molecule has 0 radical (unpaired) electrons. The fraction of sp³-hybridized carbons (Fsp3) is 0.800. The molecule has 1 heterocycles. The summed E-state index contributed by atoms with van der Waals surface area (Å²) >= 11 is 1.58. The van der Waals surface area contributed by atoms with E-state index in [2.05, 4.69) is 29.4 Å². The van der Waals surface area contributed by atoms with Crippen molar-refractivity contribution in [2.24, 2.45) is 5.92 Å². The topological polar surface area (TPSA) is 56.3 Å². The number of methoxy groups -OCH3 is 2. The largest absolute Gasteiger partial charge is 0.355 e. The zero-order valence-corrected chi connectivity index (χ0v) is 11.0. The summed E-state index contributed by atoms with van der Waals surface area (Å²) in [5.41, 5.74) is 0. The second kappa shape index (κ2) is 6.78. The van der Waals surface area contributed by atoms with E-state index in [1.54, 1.807) is 25.6 Å². The zero-order valence-electron chi connectivity index (χ0n) is 10.2. The van der Waals surface area contributed by atoms with Gasteiger partial charge in [0.15, 0.2) is 6.29 Å². The fourth-order valence-electron chi connectivity index (χ4n) is 1.19. The molecular weight excluding hydrogens is 226 g/mol. The van der Waals surface area contributed by atoms with Crippen molar-refractivity contribution in [3.63, 3.8) is 0 Å². The van der Waals surface area contributed by atoms with E-state index in [0.717, 1.165) is 16.6 Å². The van der Waals surface area contributed by atoms with Gasteiger partial charge in [0.1, 0.15) is 5.01 Å². The van der Waals surface area contributed by atoms with Crippen LogP contribution in [0.4, 0.5) is 5.13 Å². The van der Waals surface area contributed by atoms with Crippen LogP contribution in [0.5, 0.6) is 0 Å². The summed E-state index contributed by atoms with van der Waals surface area (Å²) in [5.74, 6) is 0.603. The van der Waals surface area contributed by atoms with Crippen LogP contribution in [0.2, 0.25) is 0 Å². The Bertz CT molecular complexity index is 300. The van der Waals surface area contributed by atoms with Crippen LogP contribution in [-0.2, 0) is 15.9 Å². The first-order valence-electron chi connectivity index (χ1n) is 5.27. The summed E-state index contributed by atoms with van der Waals surface area (Å²) in [6.45, 7) is 4.91. The predicted molar refractivity (Wildman–Crippen MR) is 64.7 cm³/mol. The number of hydrogen-bond acceptors (Lipinski definition) is 6. The number of rotatable bonds is 7. The highest BCUT2D eigenvalue weighted by Crippen LogP contribution is 2.18. The molecule has 0 bridgehead atoms. The molecule has 16 heavy (non-hydrogen) atoms. The minimum absolute atomic E-state index is 0.252. The van der Waals surface area contributed by atoms with Crippen molar-refractivity contribution in [3.8, 4) is 0 Å². The molecule has 1 aromatic heterocycles. The summed E-state index contributed by atoms with van der Waals surface area (Å²) in [4.78, 5) is 0. The molecule has 0 atom stereocenters. The van der Waals surface area contributed by atoms with Crippen LogP contribution in [0.25, 0.3) is 0 Å². The summed E-state index contributed by atoms with van der Waals surface area (Å²) < 4.78 is 10.1. The predicted octanol–water partition coefficient (Wildman–Crippen LogP) is 1.77. The maximum absolute atomic E-state index is 5.06. The van der Waals surface area contributed by atoms with Gasteiger partial charge in [-0.15, -0.1) is 10.2 Å². The minimum atomic E-state index is -0.252. The maximum Gasteiger partial charge on any atom is 0.205 e. The van der Waals surface area contributed by atoms with E-state index in [1.165, 1.54) is 0 Å². The van der Waals surface area contributed by atoms with Gasteiger partial charge in [-0.25, -0.2) is 0 Å². The van der Waals surface area contributed by atoms with E-state index in [1.807, 2.05) is 0 Å². The molecule has 0 saturated carbocycles. The monoisotopic (exact) mass is 245 g/mol. The van der Waals surface area contributed by atoms with Crippen LogP contribution < -0.4 is 5.32 Å². The molecule has 1 rings (SSSR count). The number of ether oxygens (including phenoxy) is 2. The van der Waals surface area contributed by atoms with Crippen LogP contribution in [0.15, 0.2) is 0 Å². The third-order valence-corrected chi connectivity index (χ3v) is 2.90. The first kappa shape index (κ1) is 13.3. The number of nitrogens with one attached hydrogen (secondary N) is 1. The standard InChI is InChI=1S/C10H19N3O2S/c1-7(2)5-8-12-13-10(16-8)11-6-9(14-3)15-4/h7,9H,5-6H2,1-4H3,(H,11,13). The number of aromatic nitrogens is 2. The van der Waals surface area contributed by atoms with Gasteiger partial charge in [-0.2, -0.15) is 0 Å². The number of anilines is 1. The Hall–Kier alpha value is -0.720. The number of hydrogen-bond donors (Lipinski definition) is 1.